The summed E-state index contributed by atoms with van der Waals surface area (Å²) in [5.41, 5.74) is 0.558. The van der Waals surface area contributed by atoms with Crippen LogP contribution in [0.15, 0.2) is 23.5 Å². The quantitative estimate of drug-likeness (QED) is 0.164. The number of amides is 2. The maximum Gasteiger partial charge on any atom is 0.373 e. The topological polar surface area (TPSA) is 175 Å². The van der Waals surface area contributed by atoms with Crippen LogP contribution in [-0.2, 0) is 23.9 Å². The van der Waals surface area contributed by atoms with Gasteiger partial charge in [0.15, 0.2) is 0 Å². The number of rotatable bonds is 7. The molecular formula is C42H66N2O9. The number of ether oxygens (including phenoxy) is 2. The molecule has 0 unspecified atom stereocenters. The first-order valence-electron chi connectivity index (χ1n) is 20.0. The van der Waals surface area contributed by atoms with Crippen molar-refractivity contribution in [1.82, 2.24) is 10.6 Å². The highest BCUT2D eigenvalue weighted by atomic mass is 16.6. The highest BCUT2D eigenvalue weighted by molar-refractivity contribution is 5.88. The molecule has 0 radical (unpaired) electrons. The molecule has 5 aliphatic carbocycles. The summed E-state index contributed by atoms with van der Waals surface area (Å²) in [6, 6.07) is -2.05. The van der Waals surface area contributed by atoms with E-state index >= 15 is 4.79 Å². The highest BCUT2D eigenvalue weighted by Crippen LogP contribution is 2.75. The number of fused-ring (bicyclic) bond motifs is 7. The Balaban J connectivity index is 1.38. The SMILES string of the molecule is COC(=O)C1=C[C@H](NC(=O)[C@]23CCC(C)(C)C[C@H]2C2=CC[C@@H]4[C@@]5(C)CC[C@H](O)C(C)(C)[C@@H]5CC[C@@]4(C)[C@]2(C)CC3)[C@@H](NC(C)=O)[C@H]([C@H](O)[C@H](O)CO)O1. The van der Waals surface area contributed by atoms with E-state index in [9.17, 15) is 30.0 Å². The summed E-state index contributed by atoms with van der Waals surface area (Å²) in [5, 5.41) is 48.2. The molecule has 0 aromatic carbocycles. The number of allylic oxidation sites excluding steroid dienone is 2. The van der Waals surface area contributed by atoms with Crippen LogP contribution in [0.4, 0.5) is 0 Å². The second-order valence-corrected chi connectivity index (χ2v) is 19.8. The molecule has 0 aromatic heterocycles. The lowest BCUT2D eigenvalue weighted by Gasteiger charge is -2.71. The van der Waals surface area contributed by atoms with Gasteiger partial charge in [0.1, 0.15) is 18.3 Å². The zero-order valence-electron chi connectivity index (χ0n) is 33.5. The Morgan fingerprint density at radius 2 is 1.62 bits per heavy atom. The number of aliphatic hydroxyl groups is 4. The fourth-order valence-electron chi connectivity index (χ4n) is 13.0. The number of carbonyl (C=O) groups excluding carboxylic acids is 3. The molecule has 298 valence electrons. The fourth-order valence-corrected chi connectivity index (χ4v) is 13.0. The monoisotopic (exact) mass is 742 g/mol. The Morgan fingerprint density at radius 3 is 2.26 bits per heavy atom. The lowest BCUT2D eigenvalue weighted by atomic mass is 9.33. The molecule has 11 nitrogen and oxygen atoms in total. The van der Waals surface area contributed by atoms with Crippen LogP contribution in [0.2, 0.25) is 0 Å². The number of carbonyl (C=O) groups is 3. The number of methoxy groups -OCH3 is 1. The Bertz CT molecular complexity index is 1540. The van der Waals surface area contributed by atoms with E-state index in [0.29, 0.717) is 24.7 Å². The molecule has 11 heteroatoms. The third kappa shape index (κ3) is 6.18. The van der Waals surface area contributed by atoms with Crippen molar-refractivity contribution in [3.05, 3.63) is 23.5 Å². The average molecular weight is 743 g/mol. The molecule has 6 N–H and O–H groups in total. The normalized spacial score (nSPS) is 43.8. The van der Waals surface area contributed by atoms with E-state index < -0.39 is 54.3 Å². The summed E-state index contributed by atoms with van der Waals surface area (Å²) in [7, 11) is 1.19. The molecule has 13 atom stereocenters. The van der Waals surface area contributed by atoms with Gasteiger partial charge >= 0.3 is 5.97 Å². The van der Waals surface area contributed by atoms with Gasteiger partial charge in [-0.05, 0) is 115 Å². The van der Waals surface area contributed by atoms with Gasteiger partial charge in [-0.2, -0.15) is 0 Å². The molecule has 2 amide bonds. The van der Waals surface area contributed by atoms with Crippen molar-refractivity contribution >= 4 is 17.8 Å². The first kappa shape index (κ1) is 40.2. The molecule has 4 fully saturated rings. The van der Waals surface area contributed by atoms with Gasteiger partial charge in [-0.3, -0.25) is 9.59 Å². The molecule has 6 rings (SSSR count). The van der Waals surface area contributed by atoms with E-state index in [4.69, 9.17) is 9.47 Å². The number of hydrogen-bond acceptors (Lipinski definition) is 9. The molecule has 0 saturated heterocycles. The standard InChI is InChI=1S/C42H66N2O9/c1-23(46)43-32-26(20-28(35(50)52-9)53-34(32)33(49)27(47)22-45)44-36(51)42-18-16-37(2,3)21-25(42)24-10-11-30-39(6)14-13-31(48)38(4,5)29(39)12-15-41(30,8)40(24,7)17-19-42/h10,20,25-27,29-34,45,47-49H,11-19,21-22H2,1-9H3,(H,43,46)(H,44,51)/t25-,26-,27+,29-,30+,31-,32+,33+,34+,39-,40+,41+,42-/m0/s1. The smallest absolute Gasteiger partial charge is 0.373 e. The summed E-state index contributed by atoms with van der Waals surface area (Å²) in [4.78, 5) is 40.5. The minimum atomic E-state index is -1.70. The van der Waals surface area contributed by atoms with Gasteiger partial charge in [-0.15, -0.1) is 0 Å². The molecule has 6 aliphatic rings. The molecule has 4 saturated carbocycles. The van der Waals surface area contributed by atoms with Crippen LogP contribution in [0.1, 0.15) is 120 Å². The van der Waals surface area contributed by atoms with Gasteiger partial charge in [0.05, 0.1) is 37.3 Å². The fraction of sp³-hybridized carbons (Fsp3) is 0.833. The van der Waals surface area contributed by atoms with Gasteiger partial charge in [0.2, 0.25) is 17.6 Å². The van der Waals surface area contributed by atoms with Crippen LogP contribution in [0.5, 0.6) is 0 Å². The Morgan fingerprint density at radius 1 is 0.943 bits per heavy atom. The summed E-state index contributed by atoms with van der Waals surface area (Å²) in [6.07, 6.45) is 7.88. The highest BCUT2D eigenvalue weighted by Gasteiger charge is 2.69. The zero-order valence-corrected chi connectivity index (χ0v) is 33.5. The van der Waals surface area contributed by atoms with Crippen molar-refractivity contribution in [1.29, 1.82) is 0 Å². The predicted molar refractivity (Wildman–Crippen MR) is 199 cm³/mol. The third-order valence-electron chi connectivity index (χ3n) is 16.4. The number of hydrogen-bond donors (Lipinski definition) is 6. The van der Waals surface area contributed by atoms with Gasteiger partial charge in [-0.1, -0.05) is 60.1 Å². The van der Waals surface area contributed by atoms with Crippen LogP contribution in [-0.4, -0.2) is 88.4 Å². The minimum Gasteiger partial charge on any atom is -0.478 e. The van der Waals surface area contributed by atoms with Crippen molar-refractivity contribution in [2.75, 3.05) is 13.7 Å². The van der Waals surface area contributed by atoms with E-state index in [0.717, 1.165) is 51.4 Å². The van der Waals surface area contributed by atoms with Gasteiger partial charge in [0, 0.05) is 6.92 Å². The van der Waals surface area contributed by atoms with Crippen molar-refractivity contribution in [3.8, 4) is 0 Å². The van der Waals surface area contributed by atoms with Crippen molar-refractivity contribution in [2.45, 2.75) is 156 Å². The van der Waals surface area contributed by atoms with Crippen molar-refractivity contribution in [2.24, 2.45) is 50.2 Å². The predicted octanol–water partition coefficient (Wildman–Crippen LogP) is 4.31. The molecule has 0 bridgehead atoms. The van der Waals surface area contributed by atoms with Gasteiger partial charge in [0.25, 0.3) is 0 Å². The van der Waals surface area contributed by atoms with Gasteiger partial charge in [-0.25, -0.2) is 4.79 Å². The van der Waals surface area contributed by atoms with Crippen molar-refractivity contribution in [3.63, 3.8) is 0 Å². The summed E-state index contributed by atoms with van der Waals surface area (Å²) >= 11 is 0. The first-order chi connectivity index (χ1) is 24.6. The van der Waals surface area contributed by atoms with Crippen molar-refractivity contribution < 1.29 is 44.3 Å². The van der Waals surface area contributed by atoms with Gasteiger partial charge < -0.3 is 40.5 Å². The average Bonchev–Trinajstić information content (AvgIpc) is 3.09. The lowest BCUT2D eigenvalue weighted by Crippen LogP contribution is -2.67. The first-order valence-corrected chi connectivity index (χ1v) is 20.0. The molecule has 1 heterocycles. The lowest BCUT2D eigenvalue weighted by molar-refractivity contribution is -0.203. The van der Waals surface area contributed by atoms with E-state index in [1.165, 1.54) is 25.7 Å². The zero-order chi connectivity index (χ0) is 39.1. The van der Waals surface area contributed by atoms with E-state index in [1.54, 1.807) is 0 Å². The maximum absolute atomic E-state index is 15.1. The number of aliphatic hydroxyl groups excluding tert-OH is 4. The van der Waals surface area contributed by atoms with E-state index in [2.05, 4.69) is 65.2 Å². The Labute approximate surface area is 315 Å². The molecule has 0 spiro atoms. The summed E-state index contributed by atoms with van der Waals surface area (Å²) in [5.74, 6) is -0.824. The minimum absolute atomic E-state index is 0.0152. The summed E-state index contributed by atoms with van der Waals surface area (Å²) in [6.45, 7) is 17.1. The Hall–Kier alpha value is -2.47. The van der Waals surface area contributed by atoms with Crippen LogP contribution < -0.4 is 10.6 Å². The maximum atomic E-state index is 15.1. The van der Waals surface area contributed by atoms with E-state index in [1.807, 2.05) is 0 Å². The van der Waals surface area contributed by atoms with Crippen LogP contribution in [0.3, 0.4) is 0 Å². The largest absolute Gasteiger partial charge is 0.478 e. The van der Waals surface area contributed by atoms with Crippen LogP contribution >= 0.6 is 0 Å². The number of esters is 1. The summed E-state index contributed by atoms with van der Waals surface area (Å²) < 4.78 is 10.7. The van der Waals surface area contributed by atoms with Crippen LogP contribution in [0.25, 0.3) is 0 Å². The third-order valence-corrected chi connectivity index (χ3v) is 16.4. The second kappa shape index (κ2) is 13.6. The Kier molecular flexibility index (Phi) is 10.3. The number of nitrogens with one attached hydrogen (secondary N) is 2. The molecular weight excluding hydrogens is 676 g/mol. The molecule has 1 aliphatic heterocycles. The van der Waals surface area contributed by atoms with E-state index in [-0.39, 0.29) is 50.8 Å². The molecule has 53 heavy (non-hydrogen) atoms. The molecule has 0 aromatic rings. The second-order valence-electron chi connectivity index (χ2n) is 19.8. The van der Waals surface area contributed by atoms with Crippen LogP contribution in [0, 0.1) is 50.2 Å².